The fourth-order valence-electron chi connectivity index (χ4n) is 3.47. The molecule has 0 amide bonds. The van der Waals surface area contributed by atoms with Gasteiger partial charge in [0.1, 0.15) is 17.3 Å². The maximum Gasteiger partial charge on any atom is 0.295 e. The molecule has 0 saturated carbocycles. The molecule has 0 aliphatic rings. The summed E-state index contributed by atoms with van der Waals surface area (Å²) in [6.07, 6.45) is 0.632. The number of imidazole rings is 1. The van der Waals surface area contributed by atoms with Crippen molar-refractivity contribution in [1.82, 2.24) is 34.1 Å². The number of benzene rings is 2. The smallest absolute Gasteiger partial charge is 0.295 e. The van der Waals surface area contributed by atoms with Crippen LogP contribution in [0.3, 0.4) is 0 Å². The van der Waals surface area contributed by atoms with Gasteiger partial charge >= 0.3 is 0 Å². The predicted octanol–water partition coefficient (Wildman–Crippen LogP) is 3.66. The largest absolute Gasteiger partial charge is 0.333 e. The van der Waals surface area contributed by atoms with Crippen molar-refractivity contribution in [3.63, 3.8) is 0 Å². The van der Waals surface area contributed by atoms with Crippen molar-refractivity contribution < 1.29 is 17.7 Å². The second-order valence-electron chi connectivity index (χ2n) is 6.47. The predicted molar refractivity (Wildman–Crippen MR) is 97.8 cm³/mol. The van der Waals surface area contributed by atoms with Crippen LogP contribution >= 0.6 is 0 Å². The van der Waals surface area contributed by atoms with E-state index in [9.17, 15) is 13.2 Å². The van der Waals surface area contributed by atoms with E-state index in [-0.39, 0.29) is 23.1 Å². The van der Waals surface area contributed by atoms with E-state index in [2.05, 4.69) is 25.3 Å². The van der Waals surface area contributed by atoms with Crippen LogP contribution in [0.5, 0.6) is 0 Å². The minimum Gasteiger partial charge on any atom is -0.333 e. The molecular weight excluding hydrogens is 399 g/mol. The monoisotopic (exact) mass is 407 g/mol. The summed E-state index contributed by atoms with van der Waals surface area (Å²) in [4.78, 5) is 7.92. The summed E-state index contributed by atoms with van der Waals surface area (Å²) in [5.41, 5.74) is 1.29. The number of aromatic nitrogens is 7. The highest BCUT2D eigenvalue weighted by molar-refractivity contribution is 5.94. The van der Waals surface area contributed by atoms with Gasteiger partial charge in [0.15, 0.2) is 5.65 Å². The van der Waals surface area contributed by atoms with Crippen LogP contribution in [0.4, 0.5) is 13.2 Å². The summed E-state index contributed by atoms with van der Waals surface area (Å²) in [5, 5.41) is 12.8. The molecule has 0 radical (unpaired) electrons. The van der Waals surface area contributed by atoms with Crippen molar-refractivity contribution >= 4 is 22.2 Å². The lowest BCUT2D eigenvalue weighted by molar-refractivity contribution is 0.429. The first-order valence-corrected chi connectivity index (χ1v) is 8.70. The molecule has 0 bridgehead atoms. The van der Waals surface area contributed by atoms with E-state index in [1.54, 1.807) is 24.3 Å². The zero-order valence-corrected chi connectivity index (χ0v) is 14.8. The lowest BCUT2D eigenvalue weighted by Crippen LogP contribution is -2.01. The van der Waals surface area contributed by atoms with E-state index in [0.717, 1.165) is 12.1 Å². The van der Waals surface area contributed by atoms with Gasteiger partial charge in [-0.25, -0.2) is 13.8 Å². The van der Waals surface area contributed by atoms with Crippen LogP contribution in [0.25, 0.3) is 45.3 Å². The normalized spacial score (nSPS) is 11.8. The first kappa shape index (κ1) is 16.7. The lowest BCUT2D eigenvalue weighted by Gasteiger charge is -2.06. The molecule has 6 rings (SSSR count). The van der Waals surface area contributed by atoms with Crippen LogP contribution in [0.15, 0.2) is 53.2 Å². The fraction of sp³-hybridized carbons (Fsp3) is 0. The maximum absolute atomic E-state index is 14.4. The Morgan fingerprint density at radius 1 is 0.933 bits per heavy atom. The number of nitrogens with zero attached hydrogens (tertiary/aromatic N) is 7. The fourth-order valence-corrected chi connectivity index (χ4v) is 3.47. The number of rotatable bonds is 2. The SMILES string of the molecule is Fc1ccc(-c2nc(-c3nnc4c5ccccc5n5c(F)ncc5n34)no2)c(F)c1. The standard InChI is InChI=1S/C19H8F3N7O/c20-9-5-6-10(12(21)7-9)18-24-15(27-30-18)17-26-25-16-11-3-1-2-4-13(11)28-14(29(16)17)8-23-19(28)22/h1-8H. The summed E-state index contributed by atoms with van der Waals surface area (Å²) in [5.74, 6) is -1.58. The van der Waals surface area contributed by atoms with E-state index in [0.29, 0.717) is 22.2 Å². The Kier molecular flexibility index (Phi) is 3.25. The van der Waals surface area contributed by atoms with Crippen LogP contribution in [-0.4, -0.2) is 34.1 Å². The van der Waals surface area contributed by atoms with Gasteiger partial charge in [0.2, 0.25) is 11.6 Å². The van der Waals surface area contributed by atoms with E-state index in [4.69, 9.17) is 4.52 Å². The highest BCUT2D eigenvalue weighted by atomic mass is 19.1. The minimum atomic E-state index is -0.845. The second kappa shape index (κ2) is 5.86. The highest BCUT2D eigenvalue weighted by Gasteiger charge is 2.22. The van der Waals surface area contributed by atoms with Crippen LogP contribution in [0.1, 0.15) is 0 Å². The van der Waals surface area contributed by atoms with Gasteiger partial charge in [-0.15, -0.1) is 10.2 Å². The van der Waals surface area contributed by atoms with E-state index >= 15 is 0 Å². The summed E-state index contributed by atoms with van der Waals surface area (Å²) in [6.45, 7) is 0. The molecule has 0 fully saturated rings. The number of fused-ring (bicyclic) bond motifs is 6. The minimum absolute atomic E-state index is 0.0000132. The number of para-hydroxylation sites is 1. The first-order valence-electron chi connectivity index (χ1n) is 8.70. The van der Waals surface area contributed by atoms with Gasteiger partial charge in [-0.3, -0.25) is 8.80 Å². The zero-order chi connectivity index (χ0) is 20.4. The maximum atomic E-state index is 14.4. The molecular formula is C19H8F3N7O. The van der Waals surface area contributed by atoms with Crippen LogP contribution in [0.2, 0.25) is 0 Å². The second-order valence-corrected chi connectivity index (χ2v) is 6.47. The lowest BCUT2D eigenvalue weighted by atomic mass is 10.2. The van der Waals surface area contributed by atoms with Crippen molar-refractivity contribution in [3.05, 3.63) is 66.4 Å². The molecule has 146 valence electrons. The highest BCUT2D eigenvalue weighted by Crippen LogP contribution is 2.28. The zero-order valence-electron chi connectivity index (χ0n) is 14.8. The molecule has 0 aliphatic carbocycles. The Balaban J connectivity index is 1.63. The Morgan fingerprint density at radius 3 is 2.67 bits per heavy atom. The molecule has 4 aromatic heterocycles. The number of hydrogen-bond donors (Lipinski definition) is 0. The quantitative estimate of drug-likeness (QED) is 0.435. The van der Waals surface area contributed by atoms with E-state index in [1.165, 1.54) is 21.1 Å². The Morgan fingerprint density at radius 2 is 1.80 bits per heavy atom. The molecule has 0 saturated heterocycles. The van der Waals surface area contributed by atoms with Gasteiger partial charge in [-0.2, -0.15) is 9.37 Å². The van der Waals surface area contributed by atoms with Crippen molar-refractivity contribution in [3.8, 4) is 23.1 Å². The average Bonchev–Trinajstić information content (AvgIpc) is 3.46. The molecule has 4 heterocycles. The molecule has 2 aromatic carbocycles. The van der Waals surface area contributed by atoms with Crippen molar-refractivity contribution in [2.75, 3.05) is 0 Å². The van der Waals surface area contributed by atoms with Gasteiger partial charge in [0, 0.05) is 11.5 Å². The Labute approximate surface area is 164 Å². The summed E-state index contributed by atoms with van der Waals surface area (Å²) in [6, 6.07) is 10.1. The van der Waals surface area contributed by atoms with Crippen molar-refractivity contribution in [2.45, 2.75) is 0 Å². The Hall–Kier alpha value is -4.28. The third kappa shape index (κ3) is 2.19. The molecule has 0 unspecified atom stereocenters. The molecule has 0 aliphatic heterocycles. The van der Waals surface area contributed by atoms with Gasteiger partial charge in [0.25, 0.3) is 12.0 Å². The molecule has 0 atom stereocenters. The van der Waals surface area contributed by atoms with Gasteiger partial charge in [0.05, 0.1) is 17.3 Å². The molecule has 30 heavy (non-hydrogen) atoms. The molecule has 6 aromatic rings. The van der Waals surface area contributed by atoms with E-state index in [1.807, 2.05) is 0 Å². The van der Waals surface area contributed by atoms with Crippen LogP contribution in [0, 0.1) is 17.7 Å². The van der Waals surface area contributed by atoms with Crippen LogP contribution in [-0.2, 0) is 0 Å². The third-order valence-corrected chi connectivity index (χ3v) is 4.77. The van der Waals surface area contributed by atoms with Gasteiger partial charge in [-0.1, -0.05) is 17.3 Å². The Bertz CT molecular complexity index is 1600. The van der Waals surface area contributed by atoms with Crippen molar-refractivity contribution in [2.24, 2.45) is 0 Å². The topological polar surface area (TPSA) is 86.4 Å². The summed E-state index contributed by atoms with van der Waals surface area (Å²) < 4.78 is 49.7. The molecule has 0 spiro atoms. The number of hydrogen-bond acceptors (Lipinski definition) is 6. The molecule has 0 N–H and O–H groups in total. The van der Waals surface area contributed by atoms with Gasteiger partial charge in [-0.05, 0) is 24.3 Å². The number of halogens is 3. The molecule has 8 nitrogen and oxygen atoms in total. The third-order valence-electron chi connectivity index (χ3n) is 4.77. The van der Waals surface area contributed by atoms with Crippen LogP contribution < -0.4 is 0 Å². The first-order chi connectivity index (χ1) is 14.6. The van der Waals surface area contributed by atoms with E-state index < -0.39 is 17.7 Å². The average molecular weight is 407 g/mol. The van der Waals surface area contributed by atoms with Crippen molar-refractivity contribution in [1.29, 1.82) is 0 Å². The summed E-state index contributed by atoms with van der Waals surface area (Å²) >= 11 is 0. The summed E-state index contributed by atoms with van der Waals surface area (Å²) in [7, 11) is 0. The molecule has 11 heteroatoms. The van der Waals surface area contributed by atoms with Gasteiger partial charge < -0.3 is 4.52 Å².